The quantitative estimate of drug-likeness (QED) is 0.249. The second-order valence-electron chi connectivity index (χ2n) is 8.93. The van der Waals surface area contributed by atoms with Crippen LogP contribution in [-0.2, 0) is 0 Å². The summed E-state index contributed by atoms with van der Waals surface area (Å²) in [6, 6.07) is 30.5. The standard InChI is InChI=1S/C31H32O4/c1-22(34-30-18-10-26(11-19-30)24-6-14-28(32)15-7-24)4-3-5-23(2)35-31-20-12-27(13-21-31)25-8-16-29(33)17-9-25/h6-23,32-33H,3-5H2,1-2H3. The van der Waals surface area contributed by atoms with E-state index in [-0.39, 0.29) is 23.7 Å². The number of rotatable bonds is 10. The molecule has 0 heterocycles. The largest absolute Gasteiger partial charge is 0.508 e. The number of hydrogen-bond acceptors (Lipinski definition) is 4. The van der Waals surface area contributed by atoms with E-state index in [0.29, 0.717) is 0 Å². The molecule has 2 N–H and O–H groups in total. The molecule has 0 aliphatic carbocycles. The van der Waals surface area contributed by atoms with Crippen molar-refractivity contribution in [3.63, 3.8) is 0 Å². The molecule has 4 heteroatoms. The average Bonchev–Trinajstić information content (AvgIpc) is 2.86. The molecule has 0 spiro atoms. The third-order valence-corrected chi connectivity index (χ3v) is 6.01. The van der Waals surface area contributed by atoms with E-state index in [1.165, 1.54) is 0 Å². The summed E-state index contributed by atoms with van der Waals surface area (Å²) in [5.41, 5.74) is 4.30. The summed E-state index contributed by atoms with van der Waals surface area (Å²) >= 11 is 0. The van der Waals surface area contributed by atoms with Crippen molar-refractivity contribution in [2.75, 3.05) is 0 Å². The van der Waals surface area contributed by atoms with Gasteiger partial charge in [-0.2, -0.15) is 0 Å². The van der Waals surface area contributed by atoms with Gasteiger partial charge in [-0.15, -0.1) is 0 Å². The molecular formula is C31H32O4. The normalized spacial score (nSPS) is 12.6. The molecule has 0 aliphatic heterocycles. The highest BCUT2D eigenvalue weighted by atomic mass is 16.5. The number of phenols is 2. The number of phenolic OH excluding ortho intramolecular Hbond substituents is 2. The molecule has 4 aromatic rings. The van der Waals surface area contributed by atoms with E-state index in [1.54, 1.807) is 24.3 Å². The average molecular weight is 469 g/mol. The van der Waals surface area contributed by atoms with Gasteiger partial charge in [0.1, 0.15) is 23.0 Å². The van der Waals surface area contributed by atoms with E-state index < -0.39 is 0 Å². The molecule has 180 valence electrons. The summed E-state index contributed by atoms with van der Waals surface area (Å²) in [5.74, 6) is 2.26. The third-order valence-electron chi connectivity index (χ3n) is 6.01. The van der Waals surface area contributed by atoms with Crippen LogP contribution in [0.4, 0.5) is 0 Å². The Labute approximate surface area is 207 Å². The van der Waals surface area contributed by atoms with Gasteiger partial charge in [-0.25, -0.2) is 0 Å². The summed E-state index contributed by atoms with van der Waals surface area (Å²) < 4.78 is 12.2. The Balaban J connectivity index is 1.19. The zero-order valence-corrected chi connectivity index (χ0v) is 20.2. The van der Waals surface area contributed by atoms with E-state index in [0.717, 1.165) is 53.0 Å². The molecule has 0 bridgehead atoms. The zero-order valence-electron chi connectivity index (χ0n) is 20.2. The topological polar surface area (TPSA) is 58.9 Å². The van der Waals surface area contributed by atoms with Crippen LogP contribution in [-0.4, -0.2) is 22.4 Å². The first-order chi connectivity index (χ1) is 17.0. The fraction of sp³-hybridized carbons (Fsp3) is 0.226. The lowest BCUT2D eigenvalue weighted by molar-refractivity contribution is 0.179. The molecule has 0 aromatic heterocycles. The van der Waals surface area contributed by atoms with Crippen LogP contribution < -0.4 is 9.47 Å². The van der Waals surface area contributed by atoms with E-state index in [1.807, 2.05) is 72.8 Å². The third kappa shape index (κ3) is 7.03. The van der Waals surface area contributed by atoms with Gasteiger partial charge in [-0.1, -0.05) is 48.5 Å². The monoisotopic (exact) mass is 468 g/mol. The van der Waals surface area contributed by atoms with Gasteiger partial charge in [0, 0.05) is 0 Å². The Morgan fingerprint density at radius 2 is 0.771 bits per heavy atom. The first-order valence-corrected chi connectivity index (χ1v) is 12.1. The molecule has 4 rings (SSSR count). The predicted octanol–water partition coefficient (Wildman–Crippen LogP) is 7.84. The molecule has 0 radical (unpaired) electrons. The lowest BCUT2D eigenvalue weighted by Gasteiger charge is -2.18. The molecule has 0 saturated carbocycles. The molecule has 35 heavy (non-hydrogen) atoms. The maximum Gasteiger partial charge on any atom is 0.119 e. The van der Waals surface area contributed by atoms with Gasteiger partial charge in [-0.3, -0.25) is 0 Å². The molecule has 4 aromatic carbocycles. The SMILES string of the molecule is CC(CCCC(C)Oc1ccc(-c2ccc(O)cc2)cc1)Oc1ccc(-c2ccc(O)cc2)cc1. The first-order valence-electron chi connectivity index (χ1n) is 12.1. The Bertz CT molecular complexity index is 1080. The Hall–Kier alpha value is -3.92. The number of benzene rings is 4. The van der Waals surface area contributed by atoms with E-state index in [2.05, 4.69) is 13.8 Å². The molecule has 0 saturated heterocycles. The highest BCUT2D eigenvalue weighted by molar-refractivity contribution is 5.65. The zero-order chi connectivity index (χ0) is 24.6. The highest BCUT2D eigenvalue weighted by Crippen LogP contribution is 2.26. The van der Waals surface area contributed by atoms with Crippen LogP contribution in [0.2, 0.25) is 0 Å². The predicted molar refractivity (Wildman–Crippen MR) is 141 cm³/mol. The van der Waals surface area contributed by atoms with E-state index >= 15 is 0 Å². The van der Waals surface area contributed by atoms with Crippen molar-refractivity contribution in [2.45, 2.75) is 45.3 Å². The van der Waals surface area contributed by atoms with Crippen molar-refractivity contribution in [1.29, 1.82) is 0 Å². The van der Waals surface area contributed by atoms with Crippen molar-refractivity contribution in [3.8, 4) is 45.3 Å². The smallest absolute Gasteiger partial charge is 0.119 e. The minimum absolute atomic E-state index is 0.117. The second-order valence-corrected chi connectivity index (χ2v) is 8.93. The fourth-order valence-corrected chi connectivity index (χ4v) is 4.03. The molecule has 4 nitrogen and oxygen atoms in total. The van der Waals surface area contributed by atoms with E-state index in [4.69, 9.17) is 9.47 Å². The van der Waals surface area contributed by atoms with Crippen molar-refractivity contribution in [2.24, 2.45) is 0 Å². The van der Waals surface area contributed by atoms with Gasteiger partial charge in [0.15, 0.2) is 0 Å². The minimum atomic E-state index is 0.117. The lowest BCUT2D eigenvalue weighted by Crippen LogP contribution is -2.15. The second kappa shape index (κ2) is 11.5. The lowest BCUT2D eigenvalue weighted by atomic mass is 10.1. The molecule has 0 fully saturated rings. The summed E-state index contributed by atoms with van der Waals surface area (Å²) in [5, 5.41) is 18.9. The Morgan fingerprint density at radius 1 is 0.486 bits per heavy atom. The van der Waals surface area contributed by atoms with Gasteiger partial charge in [-0.05, 0) is 104 Å². The first kappa shape index (κ1) is 24.2. The van der Waals surface area contributed by atoms with Crippen LogP contribution in [0.1, 0.15) is 33.1 Å². The molecular weight excluding hydrogens is 436 g/mol. The van der Waals surface area contributed by atoms with Gasteiger partial charge in [0.25, 0.3) is 0 Å². The Morgan fingerprint density at radius 3 is 1.09 bits per heavy atom. The van der Waals surface area contributed by atoms with Crippen LogP contribution in [0.25, 0.3) is 22.3 Å². The van der Waals surface area contributed by atoms with Crippen molar-refractivity contribution in [3.05, 3.63) is 97.1 Å². The van der Waals surface area contributed by atoms with Crippen LogP contribution in [0.3, 0.4) is 0 Å². The van der Waals surface area contributed by atoms with Gasteiger partial charge in [0.05, 0.1) is 12.2 Å². The molecule has 2 atom stereocenters. The maximum atomic E-state index is 9.45. The van der Waals surface area contributed by atoms with Gasteiger partial charge in [0.2, 0.25) is 0 Å². The minimum Gasteiger partial charge on any atom is -0.508 e. The summed E-state index contributed by atoms with van der Waals surface area (Å²) in [4.78, 5) is 0. The highest BCUT2D eigenvalue weighted by Gasteiger charge is 2.09. The van der Waals surface area contributed by atoms with Crippen molar-refractivity contribution < 1.29 is 19.7 Å². The van der Waals surface area contributed by atoms with Gasteiger partial charge >= 0.3 is 0 Å². The summed E-state index contributed by atoms with van der Waals surface area (Å²) in [7, 11) is 0. The molecule has 0 amide bonds. The number of aromatic hydroxyl groups is 2. The van der Waals surface area contributed by atoms with Crippen LogP contribution in [0.15, 0.2) is 97.1 Å². The summed E-state index contributed by atoms with van der Waals surface area (Å²) in [6.07, 6.45) is 3.15. The maximum absolute atomic E-state index is 9.45. The van der Waals surface area contributed by atoms with Gasteiger partial charge < -0.3 is 19.7 Å². The van der Waals surface area contributed by atoms with Crippen molar-refractivity contribution in [1.82, 2.24) is 0 Å². The molecule has 0 aliphatic rings. The summed E-state index contributed by atoms with van der Waals surface area (Å²) in [6.45, 7) is 4.20. The van der Waals surface area contributed by atoms with Crippen LogP contribution in [0.5, 0.6) is 23.0 Å². The van der Waals surface area contributed by atoms with E-state index in [9.17, 15) is 10.2 Å². The number of ether oxygens (including phenoxy) is 2. The molecule has 2 unspecified atom stereocenters. The van der Waals surface area contributed by atoms with Crippen LogP contribution in [0, 0.1) is 0 Å². The van der Waals surface area contributed by atoms with Crippen LogP contribution >= 0.6 is 0 Å². The fourth-order valence-electron chi connectivity index (χ4n) is 4.03. The van der Waals surface area contributed by atoms with Crippen molar-refractivity contribution >= 4 is 0 Å². The Kier molecular flexibility index (Phi) is 7.94. The number of hydrogen-bond donors (Lipinski definition) is 2.